The Morgan fingerprint density at radius 3 is 3.14 bits per heavy atom. The van der Waals surface area contributed by atoms with E-state index < -0.39 is 0 Å². The molecule has 1 atom stereocenters. The number of likely N-dealkylation sites (tertiary alicyclic amines) is 1. The third kappa shape index (κ3) is 4.33. The van der Waals surface area contributed by atoms with E-state index in [2.05, 4.69) is 28.4 Å². The van der Waals surface area contributed by atoms with E-state index in [0.29, 0.717) is 0 Å². The summed E-state index contributed by atoms with van der Waals surface area (Å²) in [6.45, 7) is 1.95. The molecule has 1 saturated heterocycles. The Labute approximate surface area is 126 Å². The zero-order chi connectivity index (χ0) is 15.1. The number of benzene rings is 1. The van der Waals surface area contributed by atoms with E-state index in [1.807, 2.05) is 18.2 Å². The second-order valence-corrected chi connectivity index (χ2v) is 5.28. The van der Waals surface area contributed by atoms with Crippen molar-refractivity contribution in [2.45, 2.75) is 25.3 Å². The average molecular weight is 288 g/mol. The molecule has 0 radical (unpaired) electrons. The van der Waals surface area contributed by atoms with Crippen molar-refractivity contribution >= 4 is 12.0 Å². The van der Waals surface area contributed by atoms with Gasteiger partial charge < -0.3 is 10.1 Å². The second kappa shape index (κ2) is 7.84. The maximum Gasteiger partial charge on any atom is 0.237 e. The van der Waals surface area contributed by atoms with E-state index in [0.717, 1.165) is 43.7 Å². The number of methoxy groups -OCH3 is 1. The van der Waals surface area contributed by atoms with Gasteiger partial charge in [-0.05, 0) is 43.5 Å². The van der Waals surface area contributed by atoms with Gasteiger partial charge >= 0.3 is 0 Å². The van der Waals surface area contributed by atoms with Gasteiger partial charge in [-0.1, -0.05) is 24.3 Å². The van der Waals surface area contributed by atoms with Crippen molar-refractivity contribution in [3.63, 3.8) is 0 Å². The van der Waals surface area contributed by atoms with E-state index in [9.17, 15) is 4.79 Å². The largest absolute Gasteiger partial charge is 0.497 e. The molecule has 1 fully saturated rings. The van der Waals surface area contributed by atoms with E-state index in [4.69, 9.17) is 4.74 Å². The van der Waals surface area contributed by atoms with Crippen LogP contribution in [-0.2, 0) is 4.79 Å². The Balaban J connectivity index is 1.83. The molecule has 1 unspecified atom stereocenters. The van der Waals surface area contributed by atoms with Crippen LogP contribution >= 0.6 is 0 Å². The van der Waals surface area contributed by atoms with Crippen LogP contribution in [0.1, 0.15) is 24.8 Å². The summed E-state index contributed by atoms with van der Waals surface area (Å²) in [7, 11) is 3.39. The van der Waals surface area contributed by atoms with Gasteiger partial charge in [-0.3, -0.25) is 9.69 Å². The number of ether oxygens (including phenoxy) is 1. The van der Waals surface area contributed by atoms with Crippen molar-refractivity contribution in [1.29, 1.82) is 0 Å². The van der Waals surface area contributed by atoms with Crippen LogP contribution in [0.3, 0.4) is 0 Å². The molecular formula is C17H24N2O2. The molecule has 1 heterocycles. The Morgan fingerprint density at radius 1 is 1.52 bits per heavy atom. The second-order valence-electron chi connectivity index (χ2n) is 5.28. The van der Waals surface area contributed by atoms with Crippen molar-refractivity contribution in [2.75, 3.05) is 27.2 Å². The van der Waals surface area contributed by atoms with Crippen molar-refractivity contribution < 1.29 is 9.53 Å². The highest BCUT2D eigenvalue weighted by Crippen LogP contribution is 2.18. The third-order valence-corrected chi connectivity index (χ3v) is 3.90. The summed E-state index contributed by atoms with van der Waals surface area (Å²) in [4.78, 5) is 14.0. The summed E-state index contributed by atoms with van der Waals surface area (Å²) in [5.41, 5.74) is 1.14. The lowest BCUT2D eigenvalue weighted by Crippen LogP contribution is -2.42. The van der Waals surface area contributed by atoms with Crippen LogP contribution in [0.15, 0.2) is 30.3 Å². The number of nitrogens with one attached hydrogen (secondary N) is 1. The van der Waals surface area contributed by atoms with Crippen LogP contribution in [0.2, 0.25) is 0 Å². The zero-order valence-electron chi connectivity index (χ0n) is 12.8. The molecule has 4 nitrogen and oxygen atoms in total. The molecule has 0 aromatic heterocycles. The Kier molecular flexibility index (Phi) is 5.81. The van der Waals surface area contributed by atoms with Gasteiger partial charge in [0.15, 0.2) is 0 Å². The van der Waals surface area contributed by atoms with Gasteiger partial charge in [-0.25, -0.2) is 0 Å². The standard InChI is InChI=1S/C17H24N2O2/c1-18-17(20)16-10-6-12-19(16)11-4-3-7-14-8-5-9-15(13-14)21-2/h3,5,7-9,13,16H,4,6,10-12H2,1-2H3,(H,18,20)/b7-3+. The number of hydrogen-bond acceptors (Lipinski definition) is 3. The topological polar surface area (TPSA) is 41.6 Å². The molecule has 0 aliphatic carbocycles. The number of amides is 1. The average Bonchev–Trinajstić information content (AvgIpc) is 2.99. The summed E-state index contributed by atoms with van der Waals surface area (Å²) in [6.07, 6.45) is 7.29. The van der Waals surface area contributed by atoms with Gasteiger partial charge in [0, 0.05) is 13.6 Å². The van der Waals surface area contributed by atoms with Gasteiger partial charge in [0.1, 0.15) is 5.75 Å². The van der Waals surface area contributed by atoms with E-state index >= 15 is 0 Å². The molecule has 0 bridgehead atoms. The SMILES string of the molecule is CNC(=O)C1CCCN1CC/C=C/c1cccc(OC)c1. The molecule has 1 aromatic rings. The lowest BCUT2D eigenvalue weighted by atomic mass is 10.2. The zero-order valence-corrected chi connectivity index (χ0v) is 12.8. The molecule has 1 aromatic carbocycles. The van der Waals surface area contributed by atoms with Crippen LogP contribution < -0.4 is 10.1 Å². The van der Waals surface area contributed by atoms with Crippen LogP contribution in [-0.4, -0.2) is 44.1 Å². The fraction of sp³-hybridized carbons (Fsp3) is 0.471. The number of likely N-dealkylation sites (N-methyl/N-ethyl adjacent to an activating group) is 1. The molecule has 1 N–H and O–H groups in total. The Bertz CT molecular complexity index is 499. The van der Waals surface area contributed by atoms with Gasteiger partial charge in [0.05, 0.1) is 13.2 Å². The van der Waals surface area contributed by atoms with Crippen molar-refractivity contribution in [1.82, 2.24) is 10.2 Å². The molecule has 1 amide bonds. The molecule has 4 heteroatoms. The smallest absolute Gasteiger partial charge is 0.237 e. The molecule has 1 aliphatic heterocycles. The fourth-order valence-electron chi connectivity index (χ4n) is 2.76. The minimum atomic E-state index is 0.0558. The van der Waals surface area contributed by atoms with Crippen molar-refractivity contribution in [2.24, 2.45) is 0 Å². The first-order valence-electron chi connectivity index (χ1n) is 7.51. The number of carbonyl (C=O) groups excluding carboxylic acids is 1. The van der Waals surface area contributed by atoms with E-state index in [1.54, 1.807) is 14.2 Å². The highest BCUT2D eigenvalue weighted by atomic mass is 16.5. The van der Waals surface area contributed by atoms with Gasteiger partial charge in [0.25, 0.3) is 0 Å². The van der Waals surface area contributed by atoms with Gasteiger partial charge in [0.2, 0.25) is 5.91 Å². The van der Waals surface area contributed by atoms with Crippen LogP contribution in [0.5, 0.6) is 5.75 Å². The van der Waals surface area contributed by atoms with E-state index in [-0.39, 0.29) is 11.9 Å². The van der Waals surface area contributed by atoms with Crippen molar-refractivity contribution in [3.05, 3.63) is 35.9 Å². The summed E-state index contributed by atoms with van der Waals surface area (Å²) < 4.78 is 5.21. The number of carbonyl (C=O) groups is 1. The Hall–Kier alpha value is -1.81. The number of rotatable bonds is 6. The summed E-state index contributed by atoms with van der Waals surface area (Å²) >= 11 is 0. The van der Waals surface area contributed by atoms with Crippen LogP contribution in [0, 0.1) is 0 Å². The Morgan fingerprint density at radius 2 is 2.38 bits per heavy atom. The summed E-state index contributed by atoms with van der Waals surface area (Å²) in [5.74, 6) is 1.01. The molecule has 2 rings (SSSR count). The van der Waals surface area contributed by atoms with Crippen LogP contribution in [0.4, 0.5) is 0 Å². The maximum atomic E-state index is 11.8. The predicted molar refractivity (Wildman–Crippen MR) is 85.3 cm³/mol. The first-order valence-corrected chi connectivity index (χ1v) is 7.51. The molecule has 1 aliphatic rings. The predicted octanol–water partition coefficient (Wildman–Crippen LogP) is 2.31. The highest BCUT2D eigenvalue weighted by Gasteiger charge is 2.28. The first-order chi connectivity index (χ1) is 10.2. The number of nitrogens with zero attached hydrogens (tertiary/aromatic N) is 1. The molecule has 114 valence electrons. The lowest BCUT2D eigenvalue weighted by Gasteiger charge is -2.22. The lowest BCUT2D eigenvalue weighted by molar-refractivity contribution is -0.124. The van der Waals surface area contributed by atoms with E-state index in [1.165, 1.54) is 0 Å². The summed E-state index contributed by atoms with van der Waals surface area (Å²) in [5, 5.41) is 2.75. The molecular weight excluding hydrogens is 264 g/mol. The van der Waals surface area contributed by atoms with Gasteiger partial charge in [-0.15, -0.1) is 0 Å². The highest BCUT2D eigenvalue weighted by molar-refractivity contribution is 5.81. The fourth-order valence-corrected chi connectivity index (χ4v) is 2.76. The minimum Gasteiger partial charge on any atom is -0.497 e. The summed E-state index contributed by atoms with van der Waals surface area (Å²) in [6, 6.07) is 8.05. The van der Waals surface area contributed by atoms with Crippen molar-refractivity contribution in [3.8, 4) is 5.75 Å². The normalized spacial score (nSPS) is 19.0. The number of hydrogen-bond donors (Lipinski definition) is 1. The molecule has 0 spiro atoms. The van der Waals surface area contributed by atoms with Gasteiger partial charge in [-0.2, -0.15) is 0 Å². The first kappa shape index (κ1) is 15.6. The maximum absolute atomic E-state index is 11.8. The monoisotopic (exact) mass is 288 g/mol. The quantitative estimate of drug-likeness (QED) is 0.873. The third-order valence-electron chi connectivity index (χ3n) is 3.90. The van der Waals surface area contributed by atoms with Crippen LogP contribution in [0.25, 0.3) is 6.08 Å². The molecule has 0 saturated carbocycles. The molecule has 21 heavy (non-hydrogen) atoms. The minimum absolute atomic E-state index is 0.0558.